The molecule has 0 bridgehead atoms. The minimum absolute atomic E-state index is 0.118. The minimum Gasteiger partial charge on any atom is -0.293 e. The van der Waals surface area contributed by atoms with Crippen molar-refractivity contribution in [1.82, 2.24) is 19.7 Å². The summed E-state index contributed by atoms with van der Waals surface area (Å²) in [6.45, 7) is 1.94. The van der Waals surface area contributed by atoms with E-state index in [2.05, 4.69) is 27.3 Å². The molecular formula is C25H22N4OS. The molecule has 0 saturated carbocycles. The number of ketones is 1. The number of para-hydroxylation sites is 1. The SMILES string of the molecule is CC(Sc1nnc(-c2ccncc2)n1-c1ccccc1)C(=O)c1ccc2c(c1)CCC2. The first kappa shape index (κ1) is 19.7. The van der Waals surface area contributed by atoms with Crippen LogP contribution in [0.1, 0.15) is 34.8 Å². The van der Waals surface area contributed by atoms with Crippen LogP contribution < -0.4 is 0 Å². The van der Waals surface area contributed by atoms with Gasteiger partial charge in [-0.1, -0.05) is 42.1 Å². The molecule has 2 aromatic heterocycles. The van der Waals surface area contributed by atoms with Crippen molar-refractivity contribution in [1.29, 1.82) is 0 Å². The van der Waals surface area contributed by atoms with E-state index in [1.807, 2.05) is 60.0 Å². The number of carbonyl (C=O) groups is 1. The highest BCUT2D eigenvalue weighted by atomic mass is 32.2. The lowest BCUT2D eigenvalue weighted by Crippen LogP contribution is -2.15. The lowest BCUT2D eigenvalue weighted by molar-refractivity contribution is 0.0993. The zero-order valence-corrected chi connectivity index (χ0v) is 18.0. The molecule has 0 saturated heterocycles. The standard InChI is InChI=1S/C25H22N4OS/c1-17(23(30)21-11-10-18-6-5-7-20(18)16-21)31-25-28-27-24(19-12-14-26-15-13-19)29(25)22-8-3-2-4-9-22/h2-4,8-17H,5-7H2,1H3. The van der Waals surface area contributed by atoms with Gasteiger partial charge in [0.25, 0.3) is 0 Å². The summed E-state index contributed by atoms with van der Waals surface area (Å²) >= 11 is 1.44. The second-order valence-corrected chi connectivity index (χ2v) is 8.98. The number of aryl methyl sites for hydroxylation is 2. The Hall–Kier alpha value is -3.25. The summed E-state index contributed by atoms with van der Waals surface area (Å²) in [7, 11) is 0. The fourth-order valence-electron chi connectivity index (χ4n) is 4.02. The third-order valence-corrected chi connectivity index (χ3v) is 6.66. The van der Waals surface area contributed by atoms with Gasteiger partial charge < -0.3 is 0 Å². The Kier molecular flexibility index (Phi) is 5.38. The van der Waals surface area contributed by atoms with Gasteiger partial charge in [-0.25, -0.2) is 0 Å². The molecule has 0 fully saturated rings. The van der Waals surface area contributed by atoms with Crippen LogP contribution in [0.3, 0.4) is 0 Å². The number of thioether (sulfide) groups is 1. The van der Waals surface area contributed by atoms with Gasteiger partial charge in [-0.3, -0.25) is 14.3 Å². The number of aromatic nitrogens is 4. The van der Waals surface area contributed by atoms with Gasteiger partial charge in [0.1, 0.15) is 0 Å². The van der Waals surface area contributed by atoms with E-state index in [0.29, 0.717) is 5.16 Å². The van der Waals surface area contributed by atoms with E-state index in [1.165, 1.54) is 29.3 Å². The quantitative estimate of drug-likeness (QED) is 0.314. The lowest BCUT2D eigenvalue weighted by Gasteiger charge is -2.14. The summed E-state index contributed by atoms with van der Waals surface area (Å²) in [5, 5.41) is 9.31. The highest BCUT2D eigenvalue weighted by Crippen LogP contribution is 2.32. The second kappa shape index (κ2) is 8.47. The molecule has 0 radical (unpaired) electrons. The summed E-state index contributed by atoms with van der Waals surface area (Å²) in [5.41, 5.74) is 5.36. The van der Waals surface area contributed by atoms with Crippen molar-refractivity contribution in [2.24, 2.45) is 0 Å². The molecule has 1 aliphatic rings. The average Bonchev–Trinajstić information content (AvgIpc) is 3.46. The van der Waals surface area contributed by atoms with Crippen molar-refractivity contribution in [2.45, 2.75) is 36.6 Å². The van der Waals surface area contributed by atoms with Crippen LogP contribution in [0.25, 0.3) is 17.1 Å². The highest BCUT2D eigenvalue weighted by Gasteiger charge is 2.23. The topological polar surface area (TPSA) is 60.7 Å². The van der Waals surface area contributed by atoms with Gasteiger partial charge in [0.05, 0.1) is 5.25 Å². The Morgan fingerprint density at radius 1 is 0.968 bits per heavy atom. The predicted octanol–water partition coefficient (Wildman–Crippen LogP) is 5.18. The Morgan fingerprint density at radius 3 is 2.55 bits per heavy atom. The number of pyridine rings is 1. The summed E-state index contributed by atoms with van der Waals surface area (Å²) in [6, 6.07) is 20.0. The Labute approximate surface area is 185 Å². The van der Waals surface area contributed by atoms with Gasteiger partial charge in [-0.05, 0) is 67.6 Å². The lowest BCUT2D eigenvalue weighted by atomic mass is 10.0. The van der Waals surface area contributed by atoms with Gasteiger partial charge in [0.15, 0.2) is 16.8 Å². The van der Waals surface area contributed by atoms with Crippen LogP contribution in [0.5, 0.6) is 0 Å². The maximum Gasteiger partial charge on any atom is 0.196 e. The molecule has 2 heterocycles. The first-order chi connectivity index (χ1) is 15.2. The molecule has 1 aliphatic carbocycles. The monoisotopic (exact) mass is 426 g/mol. The number of nitrogens with zero attached hydrogens (tertiary/aromatic N) is 4. The van der Waals surface area contributed by atoms with Crippen molar-refractivity contribution < 1.29 is 4.79 Å². The first-order valence-electron chi connectivity index (χ1n) is 10.4. The number of hydrogen-bond donors (Lipinski definition) is 0. The number of carbonyl (C=O) groups excluding carboxylic acids is 1. The van der Waals surface area contributed by atoms with E-state index in [9.17, 15) is 4.79 Å². The smallest absolute Gasteiger partial charge is 0.196 e. The molecule has 4 aromatic rings. The van der Waals surface area contributed by atoms with Crippen LogP contribution in [-0.2, 0) is 12.8 Å². The Balaban J connectivity index is 1.47. The van der Waals surface area contributed by atoms with Crippen LogP contribution in [0.2, 0.25) is 0 Å². The number of fused-ring (bicyclic) bond motifs is 1. The van der Waals surface area contributed by atoms with E-state index in [0.717, 1.165) is 35.5 Å². The highest BCUT2D eigenvalue weighted by molar-refractivity contribution is 8.00. The normalized spacial score (nSPS) is 13.7. The number of hydrogen-bond acceptors (Lipinski definition) is 5. The van der Waals surface area contributed by atoms with Gasteiger partial charge in [-0.15, -0.1) is 10.2 Å². The van der Waals surface area contributed by atoms with E-state index < -0.39 is 0 Å². The van der Waals surface area contributed by atoms with E-state index >= 15 is 0 Å². The largest absolute Gasteiger partial charge is 0.293 e. The zero-order chi connectivity index (χ0) is 21.2. The second-order valence-electron chi connectivity index (χ2n) is 7.67. The van der Waals surface area contributed by atoms with Crippen LogP contribution in [0.15, 0.2) is 78.2 Å². The molecule has 2 aromatic carbocycles. The fraction of sp³-hybridized carbons (Fsp3) is 0.200. The number of benzene rings is 2. The molecule has 1 atom stereocenters. The zero-order valence-electron chi connectivity index (χ0n) is 17.2. The Bertz CT molecular complexity index is 1220. The third kappa shape index (κ3) is 3.91. The summed E-state index contributed by atoms with van der Waals surface area (Å²) < 4.78 is 2.01. The van der Waals surface area contributed by atoms with Crippen LogP contribution in [0, 0.1) is 0 Å². The van der Waals surface area contributed by atoms with Crippen LogP contribution >= 0.6 is 11.8 Å². The first-order valence-corrected chi connectivity index (χ1v) is 11.3. The maximum absolute atomic E-state index is 13.2. The van der Waals surface area contributed by atoms with Crippen molar-refractivity contribution >= 4 is 17.5 Å². The summed E-state index contributed by atoms with van der Waals surface area (Å²) in [4.78, 5) is 17.3. The van der Waals surface area contributed by atoms with Crippen molar-refractivity contribution in [3.05, 3.63) is 89.7 Å². The molecule has 0 N–H and O–H groups in total. The van der Waals surface area contributed by atoms with Gasteiger partial charge in [0, 0.05) is 29.2 Å². The maximum atomic E-state index is 13.2. The third-order valence-electron chi connectivity index (χ3n) is 5.62. The molecular weight excluding hydrogens is 404 g/mol. The van der Waals surface area contributed by atoms with Crippen molar-refractivity contribution in [3.63, 3.8) is 0 Å². The Morgan fingerprint density at radius 2 is 1.74 bits per heavy atom. The minimum atomic E-state index is -0.281. The van der Waals surface area contributed by atoms with Gasteiger partial charge in [-0.2, -0.15) is 0 Å². The summed E-state index contributed by atoms with van der Waals surface area (Å²) in [5.74, 6) is 0.848. The van der Waals surface area contributed by atoms with Crippen molar-refractivity contribution in [3.8, 4) is 17.1 Å². The molecule has 5 nitrogen and oxygen atoms in total. The van der Waals surface area contributed by atoms with Crippen LogP contribution in [0.4, 0.5) is 0 Å². The van der Waals surface area contributed by atoms with Gasteiger partial charge in [0.2, 0.25) is 0 Å². The van der Waals surface area contributed by atoms with Crippen LogP contribution in [-0.4, -0.2) is 30.8 Å². The molecule has 31 heavy (non-hydrogen) atoms. The number of rotatable bonds is 6. The predicted molar refractivity (Wildman–Crippen MR) is 123 cm³/mol. The average molecular weight is 427 g/mol. The molecule has 6 heteroatoms. The molecule has 0 spiro atoms. The molecule has 5 rings (SSSR count). The fourth-order valence-corrected chi connectivity index (χ4v) is 4.96. The van der Waals surface area contributed by atoms with E-state index in [-0.39, 0.29) is 11.0 Å². The molecule has 0 aliphatic heterocycles. The molecule has 154 valence electrons. The molecule has 0 amide bonds. The summed E-state index contributed by atoms with van der Waals surface area (Å²) in [6.07, 6.45) is 6.84. The number of Topliss-reactive ketones (excluding diaryl/α,β-unsaturated/α-hetero) is 1. The van der Waals surface area contributed by atoms with E-state index in [4.69, 9.17) is 0 Å². The van der Waals surface area contributed by atoms with E-state index in [1.54, 1.807) is 12.4 Å². The molecule has 1 unspecified atom stereocenters. The van der Waals surface area contributed by atoms with Gasteiger partial charge >= 0.3 is 0 Å². The van der Waals surface area contributed by atoms with Crippen molar-refractivity contribution in [2.75, 3.05) is 0 Å².